The van der Waals surface area contributed by atoms with Gasteiger partial charge < -0.3 is 9.84 Å². The van der Waals surface area contributed by atoms with Crippen molar-refractivity contribution in [2.24, 2.45) is 0 Å². The second kappa shape index (κ2) is 4.41. The summed E-state index contributed by atoms with van der Waals surface area (Å²) in [7, 11) is 1.28. The van der Waals surface area contributed by atoms with Crippen molar-refractivity contribution in [3.63, 3.8) is 0 Å². The Bertz CT molecular complexity index is 403. The van der Waals surface area contributed by atoms with Crippen molar-refractivity contribution >= 4 is 17.5 Å². The number of aliphatic carboxylic acids is 1. The van der Waals surface area contributed by atoms with E-state index < -0.39 is 11.9 Å². The van der Waals surface area contributed by atoms with Crippen molar-refractivity contribution in [2.45, 2.75) is 0 Å². The molecule has 4 nitrogen and oxygen atoms in total. The van der Waals surface area contributed by atoms with E-state index in [0.717, 1.165) is 0 Å². The van der Waals surface area contributed by atoms with Crippen LogP contribution in [0.4, 0.5) is 0 Å². The van der Waals surface area contributed by atoms with Crippen LogP contribution in [0.2, 0.25) is 0 Å². The minimum Gasteiger partial charge on any atom is -0.478 e. The molecule has 0 aliphatic rings. The number of rotatable bonds is 3. The van der Waals surface area contributed by atoms with Crippen molar-refractivity contribution < 1.29 is 19.4 Å². The smallest absolute Gasteiger partial charge is 0.337 e. The third-order valence-electron chi connectivity index (χ3n) is 1.91. The normalized spacial score (nSPS) is 9.40. The SMILES string of the molecule is C=C(C(=O)O)c1ccc(C(=O)OC)cc1. The molecule has 1 aromatic rings. The highest BCUT2D eigenvalue weighted by atomic mass is 16.5. The van der Waals surface area contributed by atoms with Gasteiger partial charge in [0.25, 0.3) is 0 Å². The van der Waals surface area contributed by atoms with Gasteiger partial charge in [-0.2, -0.15) is 0 Å². The second-order valence-corrected chi connectivity index (χ2v) is 2.85. The van der Waals surface area contributed by atoms with E-state index in [1.807, 2.05) is 0 Å². The molecule has 1 N–H and O–H groups in total. The largest absolute Gasteiger partial charge is 0.478 e. The van der Waals surface area contributed by atoms with Gasteiger partial charge in [-0.1, -0.05) is 18.7 Å². The average molecular weight is 206 g/mol. The van der Waals surface area contributed by atoms with Crippen LogP contribution in [-0.2, 0) is 9.53 Å². The Morgan fingerprint density at radius 1 is 1.20 bits per heavy atom. The first kappa shape index (κ1) is 11.0. The lowest BCUT2D eigenvalue weighted by molar-refractivity contribution is -0.130. The Morgan fingerprint density at radius 3 is 2.07 bits per heavy atom. The van der Waals surface area contributed by atoms with E-state index >= 15 is 0 Å². The molecular weight excluding hydrogens is 196 g/mol. The van der Waals surface area contributed by atoms with Gasteiger partial charge in [0.2, 0.25) is 0 Å². The summed E-state index contributed by atoms with van der Waals surface area (Å²) < 4.78 is 4.51. The molecule has 0 radical (unpaired) electrons. The van der Waals surface area contributed by atoms with E-state index in [-0.39, 0.29) is 5.57 Å². The van der Waals surface area contributed by atoms with Crippen LogP contribution < -0.4 is 0 Å². The summed E-state index contributed by atoms with van der Waals surface area (Å²) in [5.74, 6) is -1.54. The number of hydrogen-bond donors (Lipinski definition) is 1. The lowest BCUT2D eigenvalue weighted by Crippen LogP contribution is -2.02. The molecule has 0 fully saturated rings. The molecule has 78 valence electrons. The highest BCUT2D eigenvalue weighted by molar-refractivity contribution is 6.14. The highest BCUT2D eigenvalue weighted by Gasteiger charge is 2.09. The zero-order valence-corrected chi connectivity index (χ0v) is 8.19. The molecule has 0 unspecified atom stereocenters. The number of hydrogen-bond acceptors (Lipinski definition) is 3. The summed E-state index contributed by atoms with van der Waals surface area (Å²) >= 11 is 0. The van der Waals surface area contributed by atoms with Crippen molar-refractivity contribution in [1.29, 1.82) is 0 Å². The molecule has 0 aliphatic heterocycles. The number of esters is 1. The Labute approximate surface area is 86.8 Å². The summed E-state index contributed by atoms with van der Waals surface area (Å²) in [5.41, 5.74) is 0.834. The monoisotopic (exact) mass is 206 g/mol. The molecule has 0 atom stereocenters. The van der Waals surface area contributed by atoms with Crippen LogP contribution in [0.5, 0.6) is 0 Å². The Hall–Kier alpha value is -2.10. The zero-order valence-electron chi connectivity index (χ0n) is 8.19. The van der Waals surface area contributed by atoms with Gasteiger partial charge in [-0.25, -0.2) is 9.59 Å². The molecule has 1 aromatic carbocycles. The molecular formula is C11H10O4. The van der Waals surface area contributed by atoms with E-state index in [0.29, 0.717) is 11.1 Å². The van der Waals surface area contributed by atoms with Crippen LogP contribution in [0, 0.1) is 0 Å². The molecule has 4 heteroatoms. The van der Waals surface area contributed by atoms with Gasteiger partial charge in [-0.05, 0) is 17.7 Å². The zero-order chi connectivity index (χ0) is 11.4. The van der Waals surface area contributed by atoms with Crippen molar-refractivity contribution in [3.8, 4) is 0 Å². The maximum absolute atomic E-state index is 11.1. The quantitative estimate of drug-likeness (QED) is 0.602. The molecule has 0 heterocycles. The molecule has 0 amide bonds. The number of carboxylic acid groups (broad SMARTS) is 1. The van der Waals surface area contributed by atoms with Crippen LogP contribution in [0.25, 0.3) is 5.57 Å². The number of carbonyl (C=O) groups is 2. The van der Waals surface area contributed by atoms with Crippen molar-refractivity contribution in [1.82, 2.24) is 0 Å². The predicted molar refractivity (Wildman–Crippen MR) is 54.5 cm³/mol. The molecule has 0 saturated heterocycles. The van der Waals surface area contributed by atoms with Gasteiger partial charge in [0, 0.05) is 0 Å². The molecule has 15 heavy (non-hydrogen) atoms. The van der Waals surface area contributed by atoms with E-state index in [9.17, 15) is 9.59 Å². The summed E-state index contributed by atoms with van der Waals surface area (Å²) in [6, 6.07) is 6.02. The third kappa shape index (κ3) is 2.43. The number of carbonyl (C=O) groups excluding carboxylic acids is 1. The van der Waals surface area contributed by atoms with Crippen molar-refractivity contribution in [3.05, 3.63) is 42.0 Å². The first-order chi connectivity index (χ1) is 7.06. The molecule has 0 saturated carbocycles. The Morgan fingerprint density at radius 2 is 1.67 bits per heavy atom. The van der Waals surface area contributed by atoms with Crippen LogP contribution in [0.3, 0.4) is 0 Å². The fourth-order valence-corrected chi connectivity index (χ4v) is 1.05. The van der Waals surface area contributed by atoms with Gasteiger partial charge in [-0.3, -0.25) is 0 Å². The predicted octanol–water partition coefficient (Wildman–Crippen LogP) is 1.57. The summed E-state index contributed by atoms with van der Waals surface area (Å²) in [6.07, 6.45) is 0. The maximum atomic E-state index is 11.1. The van der Waals surface area contributed by atoms with Gasteiger partial charge in [0.05, 0.1) is 18.2 Å². The summed E-state index contributed by atoms with van der Waals surface area (Å²) in [6.45, 7) is 3.40. The van der Waals surface area contributed by atoms with E-state index in [2.05, 4.69) is 11.3 Å². The van der Waals surface area contributed by atoms with Crippen LogP contribution in [0.15, 0.2) is 30.8 Å². The highest BCUT2D eigenvalue weighted by Crippen LogP contribution is 2.13. The van der Waals surface area contributed by atoms with Gasteiger partial charge in [-0.15, -0.1) is 0 Å². The van der Waals surface area contributed by atoms with E-state index in [1.165, 1.54) is 31.4 Å². The Kier molecular flexibility index (Phi) is 3.23. The lowest BCUT2D eigenvalue weighted by Gasteiger charge is -2.02. The third-order valence-corrected chi connectivity index (χ3v) is 1.91. The minimum absolute atomic E-state index is 0.00795. The fourth-order valence-electron chi connectivity index (χ4n) is 1.05. The second-order valence-electron chi connectivity index (χ2n) is 2.85. The average Bonchev–Trinajstić information content (AvgIpc) is 2.27. The fraction of sp³-hybridized carbons (Fsp3) is 0.0909. The first-order valence-corrected chi connectivity index (χ1v) is 4.17. The summed E-state index contributed by atoms with van der Waals surface area (Å²) in [5, 5.41) is 8.67. The molecule has 1 rings (SSSR count). The molecule has 0 bridgehead atoms. The van der Waals surface area contributed by atoms with E-state index in [4.69, 9.17) is 5.11 Å². The molecule has 0 spiro atoms. The summed E-state index contributed by atoms with van der Waals surface area (Å²) in [4.78, 5) is 21.7. The Balaban J connectivity index is 2.95. The van der Waals surface area contributed by atoms with Crippen LogP contribution in [0.1, 0.15) is 15.9 Å². The minimum atomic E-state index is -1.08. The standard InChI is InChI=1S/C11H10O4/c1-7(10(12)13)8-3-5-9(6-4-8)11(14)15-2/h3-6H,1H2,2H3,(H,12,13). The van der Waals surface area contributed by atoms with E-state index in [1.54, 1.807) is 0 Å². The van der Waals surface area contributed by atoms with Crippen LogP contribution in [-0.4, -0.2) is 24.2 Å². The molecule has 0 aromatic heterocycles. The number of carboxylic acids is 1. The first-order valence-electron chi connectivity index (χ1n) is 4.17. The topological polar surface area (TPSA) is 63.6 Å². The molecule has 0 aliphatic carbocycles. The lowest BCUT2D eigenvalue weighted by atomic mass is 10.1. The van der Waals surface area contributed by atoms with Gasteiger partial charge >= 0.3 is 11.9 Å². The number of methoxy groups -OCH3 is 1. The van der Waals surface area contributed by atoms with Gasteiger partial charge in [0.15, 0.2) is 0 Å². The number of benzene rings is 1. The van der Waals surface area contributed by atoms with Crippen LogP contribution >= 0.6 is 0 Å². The number of ether oxygens (including phenoxy) is 1. The van der Waals surface area contributed by atoms with Gasteiger partial charge in [0.1, 0.15) is 0 Å². The van der Waals surface area contributed by atoms with Crippen molar-refractivity contribution in [2.75, 3.05) is 7.11 Å². The maximum Gasteiger partial charge on any atom is 0.337 e.